The van der Waals surface area contributed by atoms with Gasteiger partial charge in [0.05, 0.1) is 25.5 Å². The fraction of sp³-hybridized carbons (Fsp3) is 0.327. The summed E-state index contributed by atoms with van der Waals surface area (Å²) in [5, 5.41) is 10.3. The SMILES string of the molecule is COC(=O)[C@H](CCCCNC(=O)COc1ccc(CC(NC(=O)CNC(=O)OCC2c3ccccc3-c3ccccc32)C(=O)OC(C)(C)C)cc1)NC(=O)c1ccc(N(Cc2cnc3nc(N)[nH]c(=O)c3n2)C(=O)C(F)(F)F)cc1. The van der Waals surface area contributed by atoms with Crippen molar-refractivity contribution < 1.29 is 65.7 Å². The Balaban J connectivity index is 0.839. The highest BCUT2D eigenvalue weighted by atomic mass is 19.4. The van der Waals surface area contributed by atoms with E-state index in [2.05, 4.69) is 41.2 Å². The van der Waals surface area contributed by atoms with Crippen molar-refractivity contribution in [2.45, 2.75) is 82.8 Å². The molecule has 0 radical (unpaired) electrons. The van der Waals surface area contributed by atoms with E-state index < -0.39 is 84.2 Å². The first-order chi connectivity index (χ1) is 38.1. The molecule has 25 heteroatoms. The van der Waals surface area contributed by atoms with Gasteiger partial charge in [-0.2, -0.15) is 18.2 Å². The molecule has 0 fully saturated rings. The molecule has 0 bridgehead atoms. The first-order valence-electron chi connectivity index (χ1n) is 25.0. The van der Waals surface area contributed by atoms with Crippen LogP contribution < -0.4 is 42.2 Å². The monoisotopic (exact) mass is 1110 g/mol. The van der Waals surface area contributed by atoms with E-state index in [1.165, 1.54) is 0 Å². The van der Waals surface area contributed by atoms with Gasteiger partial charge in [-0.15, -0.1) is 0 Å². The molecule has 4 aromatic carbocycles. The van der Waals surface area contributed by atoms with Crippen LogP contribution in [-0.4, -0.2) is 119 Å². The first kappa shape index (κ1) is 58.3. The van der Waals surface area contributed by atoms with Crippen LogP contribution in [0.15, 0.2) is 108 Å². The number of benzene rings is 4. The van der Waals surface area contributed by atoms with Crippen LogP contribution in [-0.2, 0) is 51.1 Å². The molecule has 1 aliphatic carbocycles. The maximum Gasteiger partial charge on any atom is 0.471 e. The Hall–Kier alpha value is -9.42. The van der Waals surface area contributed by atoms with Gasteiger partial charge in [0.1, 0.15) is 36.6 Å². The van der Waals surface area contributed by atoms with Crippen LogP contribution in [0, 0.1) is 0 Å². The van der Waals surface area contributed by atoms with Crippen LogP contribution in [0.5, 0.6) is 5.75 Å². The van der Waals surface area contributed by atoms with Gasteiger partial charge in [-0.25, -0.2) is 24.4 Å². The summed E-state index contributed by atoms with van der Waals surface area (Å²) in [4.78, 5) is 117. The molecule has 7 rings (SSSR count). The molecule has 80 heavy (non-hydrogen) atoms. The lowest BCUT2D eigenvalue weighted by Crippen LogP contribution is -2.48. The molecule has 0 aliphatic heterocycles. The maximum absolute atomic E-state index is 13.7. The Bertz CT molecular complexity index is 3270. The number of carbonyl (C=O) groups is 7. The topological polar surface area (TPSA) is 305 Å². The summed E-state index contributed by atoms with van der Waals surface area (Å²) in [6.45, 7) is 3.68. The minimum atomic E-state index is -5.32. The molecular weight excluding hydrogens is 1050 g/mol. The second kappa shape index (κ2) is 25.8. The number of alkyl carbamates (subject to hydrolysis) is 1. The zero-order valence-electron chi connectivity index (χ0n) is 43.8. The Kier molecular flexibility index (Phi) is 18.8. The van der Waals surface area contributed by atoms with E-state index in [0.29, 0.717) is 29.1 Å². The third kappa shape index (κ3) is 15.6. The number of esters is 2. The van der Waals surface area contributed by atoms with Gasteiger partial charge in [0.15, 0.2) is 17.8 Å². The van der Waals surface area contributed by atoms with Crippen molar-refractivity contribution in [3.8, 4) is 16.9 Å². The van der Waals surface area contributed by atoms with Gasteiger partial charge in [-0.1, -0.05) is 60.7 Å². The minimum absolute atomic E-state index is 0.0169. The molecule has 0 spiro atoms. The normalized spacial score (nSPS) is 12.7. The number of fused-ring (bicyclic) bond motifs is 4. The number of unbranched alkanes of at least 4 members (excludes halogenated alkanes) is 1. The summed E-state index contributed by atoms with van der Waals surface area (Å²) in [6, 6.07) is 24.4. The summed E-state index contributed by atoms with van der Waals surface area (Å²) in [6.07, 6.45) is -4.31. The number of anilines is 2. The molecule has 22 nitrogen and oxygen atoms in total. The van der Waals surface area contributed by atoms with Gasteiger partial charge < -0.3 is 45.9 Å². The van der Waals surface area contributed by atoms with Crippen molar-refractivity contribution in [1.82, 2.24) is 41.2 Å². The molecule has 5 amide bonds. The number of nitrogens with zero attached hydrogens (tertiary/aromatic N) is 4. The lowest BCUT2D eigenvalue weighted by Gasteiger charge is -2.25. The highest BCUT2D eigenvalue weighted by Gasteiger charge is 2.43. The average molecular weight is 1110 g/mol. The highest BCUT2D eigenvalue weighted by molar-refractivity contribution is 5.99. The molecular formula is C55H57F3N10O12. The molecule has 0 saturated carbocycles. The average Bonchev–Trinajstić information content (AvgIpc) is 3.77. The van der Waals surface area contributed by atoms with Gasteiger partial charge in [0.2, 0.25) is 11.9 Å². The van der Waals surface area contributed by atoms with Gasteiger partial charge in [0, 0.05) is 30.1 Å². The van der Waals surface area contributed by atoms with Crippen LogP contribution in [0.2, 0.25) is 0 Å². The quantitative estimate of drug-likeness (QED) is 0.0298. The molecule has 6 aromatic rings. The molecule has 0 saturated heterocycles. The molecule has 2 heterocycles. The number of methoxy groups -OCH3 is 1. The van der Waals surface area contributed by atoms with Crippen LogP contribution in [0.3, 0.4) is 0 Å². The van der Waals surface area contributed by atoms with E-state index in [4.69, 9.17) is 24.7 Å². The Morgan fingerprint density at radius 3 is 2.09 bits per heavy atom. The molecule has 1 unspecified atom stereocenters. The largest absolute Gasteiger partial charge is 0.484 e. The van der Waals surface area contributed by atoms with Gasteiger partial charge in [-0.05, 0) is 104 Å². The van der Waals surface area contributed by atoms with Crippen molar-refractivity contribution >= 4 is 64.5 Å². The number of ether oxygens (including phenoxy) is 4. The van der Waals surface area contributed by atoms with E-state index >= 15 is 0 Å². The third-order valence-corrected chi connectivity index (χ3v) is 12.3. The number of rotatable bonds is 22. The summed E-state index contributed by atoms with van der Waals surface area (Å²) in [5.74, 6) is -5.75. The predicted octanol–water partition coefficient (Wildman–Crippen LogP) is 4.94. The number of nitrogens with one attached hydrogen (secondary N) is 5. The fourth-order valence-corrected chi connectivity index (χ4v) is 8.54. The number of alkyl halides is 3. The van der Waals surface area contributed by atoms with Crippen LogP contribution in [0.4, 0.5) is 29.6 Å². The van der Waals surface area contributed by atoms with E-state index in [1.54, 1.807) is 45.0 Å². The van der Waals surface area contributed by atoms with E-state index in [9.17, 15) is 51.5 Å². The Morgan fingerprint density at radius 1 is 0.787 bits per heavy atom. The number of amides is 5. The maximum atomic E-state index is 13.7. The van der Waals surface area contributed by atoms with Gasteiger partial charge in [-0.3, -0.25) is 33.9 Å². The Labute approximate surface area is 455 Å². The van der Waals surface area contributed by atoms with Crippen LogP contribution >= 0.6 is 0 Å². The molecule has 420 valence electrons. The molecule has 2 aromatic heterocycles. The van der Waals surface area contributed by atoms with E-state index in [-0.39, 0.29) is 72.6 Å². The van der Waals surface area contributed by atoms with Gasteiger partial charge in [0.25, 0.3) is 17.4 Å². The van der Waals surface area contributed by atoms with E-state index in [1.807, 2.05) is 48.5 Å². The number of nitrogen functional groups attached to an aromatic ring is 1. The second-order valence-electron chi connectivity index (χ2n) is 19.3. The zero-order valence-corrected chi connectivity index (χ0v) is 43.8. The standard InChI is InChI=1S/C55H57F3N10O12/c1-54(2,3)80-50(74)42(64-43(69)27-62-53(76)79-29-40-38-13-7-5-11-36(38)37-12-6-8-14-39(37)40)25-31-16-22-35(23-17-31)78-30-44(70)60-24-10-9-15-41(49(73)77-4)65-47(71)32-18-20-34(21-19-32)68(51(75)55(56,57)58)28-33-26-61-46-45(63-33)48(72)67-52(59)66-46/h5-8,11-14,16-23,26,40-42H,9-10,15,24-25,27-30H2,1-4H3,(H,60,70)(H,62,76)(H,64,69)(H,65,71)(H3,59,61,66,67,72)/t41-,42?/m0/s1. The molecule has 7 N–H and O–H groups in total. The van der Waals surface area contributed by atoms with E-state index in [0.717, 1.165) is 59.8 Å². The van der Waals surface area contributed by atoms with Crippen molar-refractivity contribution in [2.24, 2.45) is 0 Å². The minimum Gasteiger partial charge on any atom is -0.484 e. The highest BCUT2D eigenvalue weighted by Crippen LogP contribution is 2.44. The first-order valence-corrected chi connectivity index (χ1v) is 25.0. The lowest BCUT2D eigenvalue weighted by molar-refractivity contribution is -0.170. The van der Waals surface area contributed by atoms with Gasteiger partial charge >= 0.3 is 30.1 Å². The smallest absolute Gasteiger partial charge is 0.471 e. The zero-order chi connectivity index (χ0) is 57.7. The summed E-state index contributed by atoms with van der Waals surface area (Å²) in [7, 11) is 1.12. The number of nitrogens with two attached hydrogens (primary N) is 1. The fourth-order valence-electron chi connectivity index (χ4n) is 8.54. The van der Waals surface area contributed by atoms with Crippen molar-refractivity contribution in [2.75, 3.05) is 44.0 Å². The number of H-pyrrole nitrogens is 1. The molecule has 1 aliphatic rings. The number of hydrogen-bond donors (Lipinski definition) is 6. The second-order valence-corrected chi connectivity index (χ2v) is 19.3. The lowest BCUT2D eigenvalue weighted by atomic mass is 9.98. The number of carbonyl (C=O) groups excluding carboxylic acids is 7. The summed E-state index contributed by atoms with van der Waals surface area (Å²) in [5.41, 5.74) is 7.64. The van der Waals surface area contributed by atoms with Crippen LogP contribution in [0.25, 0.3) is 22.3 Å². The predicted molar refractivity (Wildman–Crippen MR) is 283 cm³/mol. The summed E-state index contributed by atoms with van der Waals surface area (Å²) < 4.78 is 62.8. The van der Waals surface area contributed by atoms with Crippen molar-refractivity contribution in [3.05, 3.63) is 142 Å². The number of aromatic amines is 1. The molecule has 2 atom stereocenters. The number of aromatic nitrogens is 4. The number of halogens is 3. The van der Waals surface area contributed by atoms with Crippen molar-refractivity contribution in [3.63, 3.8) is 0 Å². The third-order valence-electron chi connectivity index (χ3n) is 12.3. The van der Waals surface area contributed by atoms with Crippen LogP contribution in [0.1, 0.15) is 78.7 Å². The Morgan fingerprint density at radius 2 is 1.45 bits per heavy atom. The number of hydrogen-bond acceptors (Lipinski definition) is 16. The van der Waals surface area contributed by atoms with Crippen molar-refractivity contribution in [1.29, 1.82) is 0 Å². The summed E-state index contributed by atoms with van der Waals surface area (Å²) >= 11 is 0.